The van der Waals surface area contributed by atoms with Crippen molar-refractivity contribution in [1.29, 1.82) is 0 Å². The molecule has 0 aliphatic heterocycles. The standard InChI is InChI=1S/C21H42N2O2/c1-10-12-17(24)23(15-13-19(3,4)5)21(8,9)16-20(6,7)18(25)22-14-11-2/h10-16H2,1-9H3,(H,22,25). The van der Waals surface area contributed by atoms with E-state index in [0.29, 0.717) is 19.4 Å². The largest absolute Gasteiger partial charge is 0.356 e. The number of hydrogen-bond acceptors (Lipinski definition) is 2. The molecule has 0 aromatic heterocycles. The Balaban J connectivity index is 5.29. The maximum Gasteiger partial charge on any atom is 0.225 e. The van der Waals surface area contributed by atoms with Crippen LogP contribution in [0.1, 0.15) is 94.4 Å². The van der Waals surface area contributed by atoms with E-state index in [1.165, 1.54) is 0 Å². The molecule has 0 bridgehead atoms. The van der Waals surface area contributed by atoms with Gasteiger partial charge in [0.25, 0.3) is 0 Å². The van der Waals surface area contributed by atoms with E-state index in [-0.39, 0.29) is 22.8 Å². The topological polar surface area (TPSA) is 49.4 Å². The highest BCUT2D eigenvalue weighted by Crippen LogP contribution is 2.34. The van der Waals surface area contributed by atoms with E-state index < -0.39 is 5.41 Å². The van der Waals surface area contributed by atoms with Gasteiger partial charge in [-0.2, -0.15) is 0 Å². The fourth-order valence-electron chi connectivity index (χ4n) is 3.30. The van der Waals surface area contributed by atoms with Gasteiger partial charge in [0.1, 0.15) is 0 Å². The molecular formula is C21H42N2O2. The Bertz CT molecular complexity index is 434. The van der Waals surface area contributed by atoms with Crippen molar-refractivity contribution in [2.45, 2.75) is 100.0 Å². The maximum absolute atomic E-state index is 12.8. The highest BCUT2D eigenvalue weighted by molar-refractivity contribution is 5.82. The molecule has 4 nitrogen and oxygen atoms in total. The summed E-state index contributed by atoms with van der Waals surface area (Å²) in [5.41, 5.74) is -0.690. The van der Waals surface area contributed by atoms with E-state index in [1.54, 1.807) is 0 Å². The highest BCUT2D eigenvalue weighted by Gasteiger charge is 2.39. The van der Waals surface area contributed by atoms with Crippen molar-refractivity contribution in [2.75, 3.05) is 13.1 Å². The molecule has 0 aromatic carbocycles. The molecule has 4 heteroatoms. The van der Waals surface area contributed by atoms with Crippen molar-refractivity contribution in [2.24, 2.45) is 10.8 Å². The van der Waals surface area contributed by atoms with Gasteiger partial charge in [-0.25, -0.2) is 0 Å². The van der Waals surface area contributed by atoms with Crippen LogP contribution in [-0.2, 0) is 9.59 Å². The van der Waals surface area contributed by atoms with Gasteiger partial charge in [0.2, 0.25) is 11.8 Å². The summed E-state index contributed by atoms with van der Waals surface area (Å²) in [7, 11) is 0. The lowest BCUT2D eigenvalue weighted by Gasteiger charge is -2.44. The van der Waals surface area contributed by atoms with Gasteiger partial charge < -0.3 is 10.2 Å². The molecule has 0 aliphatic rings. The van der Waals surface area contributed by atoms with Gasteiger partial charge in [0, 0.05) is 30.5 Å². The molecule has 0 heterocycles. The first kappa shape index (κ1) is 23.9. The number of rotatable bonds is 10. The predicted molar refractivity (Wildman–Crippen MR) is 106 cm³/mol. The smallest absolute Gasteiger partial charge is 0.225 e. The van der Waals surface area contributed by atoms with Gasteiger partial charge in [-0.1, -0.05) is 48.5 Å². The molecule has 1 N–H and O–H groups in total. The molecule has 0 unspecified atom stereocenters. The Hall–Kier alpha value is -1.06. The Kier molecular flexibility index (Phi) is 9.18. The van der Waals surface area contributed by atoms with Crippen molar-refractivity contribution in [3.8, 4) is 0 Å². The Labute approximate surface area is 156 Å². The van der Waals surface area contributed by atoms with Gasteiger partial charge in [0.05, 0.1) is 0 Å². The maximum atomic E-state index is 12.8. The highest BCUT2D eigenvalue weighted by atomic mass is 16.2. The number of nitrogens with one attached hydrogen (secondary N) is 1. The lowest BCUT2D eigenvalue weighted by atomic mass is 9.78. The third-order valence-electron chi connectivity index (χ3n) is 4.61. The van der Waals surface area contributed by atoms with Crippen molar-refractivity contribution in [3.05, 3.63) is 0 Å². The summed E-state index contributed by atoms with van der Waals surface area (Å²) in [4.78, 5) is 27.3. The van der Waals surface area contributed by atoms with Crippen LogP contribution in [0.2, 0.25) is 0 Å². The second kappa shape index (κ2) is 9.59. The summed E-state index contributed by atoms with van der Waals surface area (Å²) >= 11 is 0. The van der Waals surface area contributed by atoms with Crippen molar-refractivity contribution >= 4 is 11.8 Å². The van der Waals surface area contributed by atoms with Crippen LogP contribution in [0.4, 0.5) is 0 Å². The SMILES string of the molecule is CCCNC(=O)C(C)(C)CC(C)(C)N(CCC(C)(C)C)C(=O)CCC. The van der Waals surface area contributed by atoms with Gasteiger partial charge in [-0.15, -0.1) is 0 Å². The minimum absolute atomic E-state index is 0.0705. The van der Waals surface area contributed by atoms with Gasteiger partial charge in [-0.05, 0) is 44.9 Å². The van der Waals surface area contributed by atoms with Crippen LogP contribution in [0.3, 0.4) is 0 Å². The molecular weight excluding hydrogens is 312 g/mol. The van der Waals surface area contributed by atoms with Crippen LogP contribution in [0.25, 0.3) is 0 Å². The molecule has 25 heavy (non-hydrogen) atoms. The summed E-state index contributed by atoms with van der Waals surface area (Å²) in [6.45, 7) is 20.3. The lowest BCUT2D eigenvalue weighted by Crippen LogP contribution is -2.53. The molecule has 0 saturated carbocycles. The van der Waals surface area contributed by atoms with Crippen molar-refractivity contribution < 1.29 is 9.59 Å². The van der Waals surface area contributed by atoms with Crippen LogP contribution >= 0.6 is 0 Å². The van der Waals surface area contributed by atoms with E-state index >= 15 is 0 Å². The molecule has 148 valence electrons. The molecule has 0 aromatic rings. The van der Waals surface area contributed by atoms with Crippen LogP contribution < -0.4 is 5.32 Å². The average Bonchev–Trinajstić information content (AvgIpc) is 2.42. The Morgan fingerprint density at radius 3 is 1.92 bits per heavy atom. The van der Waals surface area contributed by atoms with Crippen LogP contribution in [0.5, 0.6) is 0 Å². The van der Waals surface area contributed by atoms with E-state index in [4.69, 9.17) is 0 Å². The van der Waals surface area contributed by atoms with E-state index in [0.717, 1.165) is 25.8 Å². The number of amides is 2. The van der Waals surface area contributed by atoms with Gasteiger partial charge >= 0.3 is 0 Å². The summed E-state index contributed by atoms with van der Waals surface area (Å²) in [5, 5.41) is 3.00. The molecule has 2 amide bonds. The minimum atomic E-state index is -0.509. The summed E-state index contributed by atoms with van der Waals surface area (Å²) in [6.07, 6.45) is 3.94. The quantitative estimate of drug-likeness (QED) is 0.614. The molecule has 0 aliphatic carbocycles. The normalized spacial score (nSPS) is 12.8. The molecule has 0 atom stereocenters. The molecule has 0 spiro atoms. The first-order valence-corrected chi connectivity index (χ1v) is 9.85. The van der Waals surface area contributed by atoms with Crippen molar-refractivity contribution in [3.63, 3.8) is 0 Å². The van der Waals surface area contributed by atoms with Crippen LogP contribution in [-0.4, -0.2) is 35.3 Å². The monoisotopic (exact) mass is 354 g/mol. The van der Waals surface area contributed by atoms with Crippen LogP contribution in [0.15, 0.2) is 0 Å². The summed E-state index contributed by atoms with van der Waals surface area (Å²) < 4.78 is 0. The fraction of sp³-hybridized carbons (Fsp3) is 0.905. The zero-order valence-corrected chi connectivity index (χ0v) is 18.2. The summed E-state index contributed by atoms with van der Waals surface area (Å²) in [5.74, 6) is 0.266. The molecule has 0 rings (SSSR count). The Morgan fingerprint density at radius 2 is 1.48 bits per heavy atom. The summed E-state index contributed by atoms with van der Waals surface area (Å²) in [6, 6.07) is 0. The fourth-order valence-corrected chi connectivity index (χ4v) is 3.30. The second-order valence-corrected chi connectivity index (χ2v) is 9.74. The second-order valence-electron chi connectivity index (χ2n) is 9.74. The minimum Gasteiger partial charge on any atom is -0.356 e. The Morgan fingerprint density at radius 1 is 0.920 bits per heavy atom. The third-order valence-corrected chi connectivity index (χ3v) is 4.61. The molecule has 0 fully saturated rings. The zero-order valence-electron chi connectivity index (χ0n) is 18.2. The zero-order chi connectivity index (χ0) is 19.9. The van der Waals surface area contributed by atoms with Crippen molar-refractivity contribution in [1.82, 2.24) is 10.2 Å². The van der Waals surface area contributed by atoms with E-state index in [1.807, 2.05) is 25.7 Å². The molecule has 0 saturated heterocycles. The predicted octanol–water partition coefficient (Wildman–Crippen LogP) is 4.77. The van der Waals surface area contributed by atoms with Crippen LogP contribution in [0, 0.1) is 10.8 Å². The first-order chi connectivity index (χ1) is 11.3. The lowest BCUT2D eigenvalue weighted by molar-refractivity contribution is -0.141. The average molecular weight is 355 g/mol. The number of carbonyl (C=O) groups excluding carboxylic acids is 2. The first-order valence-electron chi connectivity index (χ1n) is 9.85. The van der Waals surface area contributed by atoms with Gasteiger partial charge in [0.15, 0.2) is 0 Å². The van der Waals surface area contributed by atoms with E-state index in [9.17, 15) is 9.59 Å². The third kappa shape index (κ3) is 8.73. The molecule has 0 radical (unpaired) electrons. The number of hydrogen-bond donors (Lipinski definition) is 1. The van der Waals surface area contributed by atoms with E-state index in [2.05, 4.69) is 46.9 Å². The van der Waals surface area contributed by atoms with Gasteiger partial charge in [-0.3, -0.25) is 9.59 Å². The number of carbonyl (C=O) groups is 2. The number of nitrogens with zero attached hydrogens (tertiary/aromatic N) is 1.